The smallest absolute Gasteiger partial charge is 0.322 e. The minimum absolute atomic E-state index is 0.168. The molecule has 0 aliphatic heterocycles. The lowest BCUT2D eigenvalue weighted by Crippen LogP contribution is -2.33. The van der Waals surface area contributed by atoms with Crippen molar-refractivity contribution in [2.45, 2.75) is 37.8 Å². The van der Waals surface area contributed by atoms with Gasteiger partial charge in [-0.15, -0.1) is 0 Å². The first-order valence-electron chi connectivity index (χ1n) is 10.2. The van der Waals surface area contributed by atoms with Gasteiger partial charge in [-0.1, -0.05) is 24.3 Å². The Balaban J connectivity index is 2.05. The van der Waals surface area contributed by atoms with E-state index in [1.807, 2.05) is 26.2 Å². The van der Waals surface area contributed by atoms with Crippen molar-refractivity contribution in [1.29, 1.82) is 0 Å². The standard InChI is InChI=1S/C24H32N2O4/c1-26(2)14-16-9-12-21(28-3)22(23(16)29-4)19-11-10-17-15(7-6-8-18(17)19)13-20(25)24(27)30-5/h6-9,12,19-20H,10-11,13-14,25H2,1-5H3/t19-,20-/m0/s1. The number of rotatable bonds is 8. The molecule has 1 aliphatic carbocycles. The maximum absolute atomic E-state index is 11.8. The van der Waals surface area contributed by atoms with Crippen LogP contribution in [0, 0.1) is 0 Å². The molecule has 0 bridgehead atoms. The van der Waals surface area contributed by atoms with Crippen LogP contribution in [0.1, 0.15) is 40.2 Å². The average molecular weight is 413 g/mol. The Morgan fingerprint density at radius 3 is 2.53 bits per heavy atom. The maximum atomic E-state index is 11.8. The van der Waals surface area contributed by atoms with Crippen molar-refractivity contribution < 1.29 is 19.0 Å². The van der Waals surface area contributed by atoms with Gasteiger partial charge in [-0.25, -0.2) is 0 Å². The number of hydrogen-bond acceptors (Lipinski definition) is 6. The van der Waals surface area contributed by atoms with E-state index in [1.165, 1.54) is 18.2 Å². The monoisotopic (exact) mass is 412 g/mol. The first-order chi connectivity index (χ1) is 14.4. The zero-order chi connectivity index (χ0) is 21.8. The number of ether oxygens (including phenoxy) is 3. The normalized spacial score (nSPS) is 16.3. The molecule has 6 heteroatoms. The van der Waals surface area contributed by atoms with Gasteiger partial charge in [-0.2, -0.15) is 0 Å². The van der Waals surface area contributed by atoms with Crippen LogP contribution in [0.15, 0.2) is 30.3 Å². The Kier molecular flexibility index (Phi) is 7.00. The van der Waals surface area contributed by atoms with Crippen molar-refractivity contribution in [1.82, 2.24) is 4.90 Å². The number of fused-ring (bicyclic) bond motifs is 1. The zero-order valence-electron chi connectivity index (χ0n) is 18.5. The van der Waals surface area contributed by atoms with Crippen LogP contribution in [0.4, 0.5) is 0 Å². The maximum Gasteiger partial charge on any atom is 0.322 e. The van der Waals surface area contributed by atoms with Gasteiger partial charge in [0.15, 0.2) is 0 Å². The molecule has 0 heterocycles. The van der Waals surface area contributed by atoms with Crippen molar-refractivity contribution in [3.63, 3.8) is 0 Å². The molecule has 0 amide bonds. The van der Waals surface area contributed by atoms with Crippen molar-refractivity contribution in [3.05, 3.63) is 58.1 Å². The van der Waals surface area contributed by atoms with Gasteiger partial charge in [0.25, 0.3) is 0 Å². The summed E-state index contributed by atoms with van der Waals surface area (Å²) in [6, 6.07) is 9.71. The summed E-state index contributed by atoms with van der Waals surface area (Å²) in [6.45, 7) is 0.785. The Labute approximate surface area is 178 Å². The number of methoxy groups -OCH3 is 3. The second-order valence-corrected chi connectivity index (χ2v) is 8.02. The Morgan fingerprint density at radius 1 is 1.13 bits per heavy atom. The lowest BCUT2D eigenvalue weighted by Gasteiger charge is -2.23. The molecule has 0 fully saturated rings. The fourth-order valence-electron chi connectivity index (χ4n) is 4.53. The van der Waals surface area contributed by atoms with Crippen LogP contribution in [0.3, 0.4) is 0 Å². The molecule has 0 saturated carbocycles. The number of carbonyl (C=O) groups is 1. The van der Waals surface area contributed by atoms with Gasteiger partial charge < -0.3 is 24.8 Å². The third kappa shape index (κ3) is 4.30. The Morgan fingerprint density at radius 2 is 1.90 bits per heavy atom. The van der Waals surface area contributed by atoms with Crippen molar-refractivity contribution in [3.8, 4) is 11.5 Å². The predicted octanol–water partition coefficient (Wildman–Crippen LogP) is 2.89. The molecule has 2 atom stereocenters. The van der Waals surface area contributed by atoms with E-state index in [2.05, 4.69) is 23.1 Å². The first kappa shape index (κ1) is 22.1. The number of nitrogens with zero attached hydrogens (tertiary/aromatic N) is 1. The molecule has 2 N–H and O–H groups in total. The van der Waals surface area contributed by atoms with E-state index >= 15 is 0 Å². The molecular weight excluding hydrogens is 380 g/mol. The summed E-state index contributed by atoms with van der Waals surface area (Å²) < 4.78 is 16.4. The topological polar surface area (TPSA) is 74.0 Å². The summed E-state index contributed by atoms with van der Waals surface area (Å²) in [5.74, 6) is 1.50. The third-order valence-corrected chi connectivity index (χ3v) is 5.81. The zero-order valence-corrected chi connectivity index (χ0v) is 18.5. The second-order valence-electron chi connectivity index (χ2n) is 8.02. The van der Waals surface area contributed by atoms with E-state index in [0.717, 1.165) is 47.6 Å². The highest BCUT2D eigenvalue weighted by Gasteiger charge is 2.32. The van der Waals surface area contributed by atoms with Crippen molar-refractivity contribution in [2.24, 2.45) is 5.73 Å². The van der Waals surface area contributed by atoms with Gasteiger partial charge in [-0.05, 0) is 56.1 Å². The number of esters is 1. The van der Waals surface area contributed by atoms with Crippen LogP contribution >= 0.6 is 0 Å². The van der Waals surface area contributed by atoms with Gasteiger partial charge in [0, 0.05) is 23.6 Å². The third-order valence-electron chi connectivity index (χ3n) is 5.81. The molecule has 0 aromatic heterocycles. The van der Waals surface area contributed by atoms with Gasteiger partial charge in [0.2, 0.25) is 0 Å². The number of benzene rings is 2. The summed E-state index contributed by atoms with van der Waals surface area (Å²) in [4.78, 5) is 13.9. The summed E-state index contributed by atoms with van der Waals surface area (Å²) in [7, 11) is 8.88. The van der Waals surface area contributed by atoms with Crippen LogP contribution < -0.4 is 15.2 Å². The van der Waals surface area contributed by atoms with Gasteiger partial charge in [0.1, 0.15) is 17.5 Å². The van der Waals surface area contributed by atoms with E-state index in [-0.39, 0.29) is 11.9 Å². The lowest BCUT2D eigenvalue weighted by atomic mass is 9.88. The fourth-order valence-corrected chi connectivity index (χ4v) is 4.53. The van der Waals surface area contributed by atoms with Crippen LogP contribution in [-0.2, 0) is 28.9 Å². The Hall–Kier alpha value is -2.57. The molecule has 6 nitrogen and oxygen atoms in total. The highest BCUT2D eigenvalue weighted by Crippen LogP contribution is 2.48. The lowest BCUT2D eigenvalue weighted by molar-refractivity contribution is -0.142. The molecule has 162 valence electrons. The molecule has 3 rings (SSSR count). The van der Waals surface area contributed by atoms with Crippen molar-refractivity contribution >= 4 is 5.97 Å². The van der Waals surface area contributed by atoms with Crippen molar-refractivity contribution in [2.75, 3.05) is 35.4 Å². The molecule has 0 unspecified atom stereocenters. The van der Waals surface area contributed by atoms with Crippen LogP contribution in [0.25, 0.3) is 0 Å². The SMILES string of the molecule is COC(=O)[C@@H](N)Cc1cccc2c1CC[C@@H]2c1c(OC)ccc(CN(C)C)c1OC. The predicted molar refractivity (Wildman–Crippen MR) is 117 cm³/mol. The van der Waals surface area contributed by atoms with E-state index in [1.54, 1.807) is 14.2 Å². The molecule has 30 heavy (non-hydrogen) atoms. The molecule has 0 saturated heterocycles. The summed E-state index contributed by atoms with van der Waals surface area (Å²) in [5.41, 5.74) is 11.9. The van der Waals surface area contributed by atoms with Crippen LogP contribution in [0.5, 0.6) is 11.5 Å². The molecule has 2 aromatic carbocycles. The van der Waals surface area contributed by atoms with Gasteiger partial charge in [0.05, 0.1) is 21.3 Å². The molecular formula is C24H32N2O4. The number of hydrogen-bond donors (Lipinski definition) is 1. The first-order valence-corrected chi connectivity index (χ1v) is 10.2. The van der Waals surface area contributed by atoms with E-state index in [9.17, 15) is 4.79 Å². The number of nitrogens with two attached hydrogens (primary N) is 1. The Bertz CT molecular complexity index is 910. The summed E-state index contributed by atoms with van der Waals surface area (Å²) in [6.07, 6.45) is 2.35. The quantitative estimate of drug-likeness (QED) is 0.672. The number of carbonyl (C=O) groups excluding carboxylic acids is 1. The molecule has 0 spiro atoms. The molecule has 0 radical (unpaired) electrons. The van der Waals surface area contributed by atoms with Crippen LogP contribution in [0.2, 0.25) is 0 Å². The average Bonchev–Trinajstić information content (AvgIpc) is 3.17. The highest BCUT2D eigenvalue weighted by atomic mass is 16.5. The molecule has 2 aromatic rings. The minimum Gasteiger partial charge on any atom is -0.496 e. The minimum atomic E-state index is -0.659. The van der Waals surface area contributed by atoms with Gasteiger partial charge in [-0.3, -0.25) is 4.79 Å². The van der Waals surface area contributed by atoms with Crippen LogP contribution in [-0.4, -0.2) is 52.3 Å². The summed E-state index contributed by atoms with van der Waals surface area (Å²) >= 11 is 0. The molecule has 1 aliphatic rings. The largest absolute Gasteiger partial charge is 0.496 e. The highest BCUT2D eigenvalue weighted by molar-refractivity contribution is 5.75. The summed E-state index contributed by atoms with van der Waals surface area (Å²) in [5, 5.41) is 0. The van der Waals surface area contributed by atoms with E-state index < -0.39 is 6.04 Å². The van der Waals surface area contributed by atoms with E-state index in [4.69, 9.17) is 19.9 Å². The van der Waals surface area contributed by atoms with Gasteiger partial charge >= 0.3 is 5.97 Å². The van der Waals surface area contributed by atoms with E-state index in [0.29, 0.717) is 6.42 Å². The fraction of sp³-hybridized carbons (Fsp3) is 0.458. The second kappa shape index (κ2) is 9.49.